The molecule has 0 aromatic rings. The third-order valence-corrected chi connectivity index (χ3v) is 4.65. The maximum absolute atomic E-state index is 11.6. The van der Waals surface area contributed by atoms with Gasteiger partial charge in [-0.15, -0.1) is 18.4 Å². The number of carbonyl (C=O) groups excluding carboxylic acids is 1. The lowest BCUT2D eigenvalue weighted by molar-refractivity contribution is -0.143. The van der Waals surface area contributed by atoms with Crippen molar-refractivity contribution in [3.63, 3.8) is 0 Å². The number of esters is 1. The number of carbonyl (C=O) groups is 1. The van der Waals surface area contributed by atoms with E-state index in [1.165, 1.54) is 25.7 Å². The van der Waals surface area contributed by atoms with Gasteiger partial charge in [0.25, 0.3) is 0 Å². The number of aliphatic hydroxyl groups excluding tert-OH is 1. The van der Waals surface area contributed by atoms with E-state index in [0.29, 0.717) is 0 Å². The zero-order chi connectivity index (χ0) is 17.6. The third-order valence-electron chi connectivity index (χ3n) is 4.65. The van der Waals surface area contributed by atoms with Crippen LogP contribution < -0.4 is 0 Å². The summed E-state index contributed by atoms with van der Waals surface area (Å²) >= 11 is 0. The average molecular weight is 334 g/mol. The van der Waals surface area contributed by atoms with Crippen molar-refractivity contribution in [3.05, 3.63) is 12.7 Å². The van der Waals surface area contributed by atoms with Crippen LogP contribution >= 0.6 is 0 Å². The lowest BCUT2D eigenvalue weighted by Crippen LogP contribution is -2.24. The highest BCUT2D eigenvalue weighted by Crippen LogP contribution is 2.26. The molecule has 1 aliphatic heterocycles. The van der Waals surface area contributed by atoms with Crippen LogP contribution in [0.1, 0.15) is 84.0 Å². The first-order valence-electron chi connectivity index (χ1n) is 9.62. The van der Waals surface area contributed by atoms with E-state index in [1.54, 1.807) is 6.92 Å². The van der Waals surface area contributed by atoms with E-state index in [1.807, 2.05) is 6.08 Å². The van der Waals surface area contributed by atoms with Gasteiger partial charge in [0.15, 0.2) is 0 Å². The average Bonchev–Trinajstić information content (AvgIpc) is 2.81. The Balaban J connectivity index is 1.90. The maximum Gasteiger partial charge on any atom is 0.312 e. The van der Waals surface area contributed by atoms with E-state index in [-0.39, 0.29) is 18.0 Å². The summed E-state index contributed by atoms with van der Waals surface area (Å²) in [5.74, 6) is 5.98. The lowest BCUT2D eigenvalue weighted by atomic mass is 9.95. The van der Waals surface area contributed by atoms with Crippen molar-refractivity contribution in [2.24, 2.45) is 5.92 Å². The number of cyclic esters (lactones) is 1. The minimum Gasteiger partial charge on any atom is -0.460 e. The molecule has 1 rings (SSSR count). The summed E-state index contributed by atoms with van der Waals surface area (Å²) in [7, 11) is 0. The monoisotopic (exact) mass is 334 g/mol. The summed E-state index contributed by atoms with van der Waals surface area (Å²) in [5, 5.41) is 9.86. The summed E-state index contributed by atoms with van der Waals surface area (Å²) < 4.78 is 5.04. The van der Waals surface area contributed by atoms with Crippen LogP contribution in [-0.4, -0.2) is 23.3 Å². The normalized spacial score (nSPS) is 22.8. The molecule has 0 bridgehead atoms. The van der Waals surface area contributed by atoms with Crippen molar-refractivity contribution in [2.45, 2.75) is 96.2 Å². The van der Waals surface area contributed by atoms with Gasteiger partial charge in [0.1, 0.15) is 12.2 Å². The smallest absolute Gasteiger partial charge is 0.312 e. The van der Waals surface area contributed by atoms with E-state index < -0.39 is 6.10 Å². The van der Waals surface area contributed by atoms with Crippen LogP contribution in [0.3, 0.4) is 0 Å². The molecule has 1 N–H and O–H groups in total. The van der Waals surface area contributed by atoms with Crippen LogP contribution in [-0.2, 0) is 9.53 Å². The molecule has 3 atom stereocenters. The van der Waals surface area contributed by atoms with Gasteiger partial charge in [0.2, 0.25) is 0 Å². The Morgan fingerprint density at radius 2 is 1.62 bits per heavy atom. The van der Waals surface area contributed by atoms with E-state index in [0.717, 1.165) is 51.4 Å². The molecule has 1 fully saturated rings. The Hall–Kier alpha value is -1.27. The number of allylic oxidation sites excluding steroid dienone is 1. The van der Waals surface area contributed by atoms with Gasteiger partial charge in [-0.05, 0) is 39.0 Å². The second-order valence-electron chi connectivity index (χ2n) is 6.79. The predicted octanol–water partition coefficient (Wildman–Crippen LogP) is 4.78. The minimum atomic E-state index is -0.625. The van der Waals surface area contributed by atoms with Crippen molar-refractivity contribution >= 4 is 5.97 Å². The van der Waals surface area contributed by atoms with Crippen LogP contribution in [0.25, 0.3) is 0 Å². The first-order valence-corrected chi connectivity index (χ1v) is 9.62. The van der Waals surface area contributed by atoms with Gasteiger partial charge in [-0.2, -0.15) is 0 Å². The lowest BCUT2D eigenvalue weighted by Gasteiger charge is -2.11. The fraction of sp³-hybridized carbons (Fsp3) is 0.762. The van der Waals surface area contributed by atoms with E-state index in [2.05, 4.69) is 18.4 Å². The summed E-state index contributed by atoms with van der Waals surface area (Å²) in [6.45, 7) is 5.48. The van der Waals surface area contributed by atoms with Crippen LogP contribution in [0.4, 0.5) is 0 Å². The van der Waals surface area contributed by atoms with Crippen LogP contribution in [0, 0.1) is 17.8 Å². The van der Waals surface area contributed by atoms with Gasteiger partial charge in [-0.3, -0.25) is 4.79 Å². The fourth-order valence-corrected chi connectivity index (χ4v) is 3.06. The summed E-state index contributed by atoms with van der Waals surface area (Å²) in [4.78, 5) is 11.6. The molecule has 0 unspecified atom stereocenters. The largest absolute Gasteiger partial charge is 0.460 e. The number of ether oxygens (including phenoxy) is 1. The Bertz CT molecular complexity index is 419. The van der Waals surface area contributed by atoms with Gasteiger partial charge < -0.3 is 9.84 Å². The van der Waals surface area contributed by atoms with Crippen LogP contribution in [0.2, 0.25) is 0 Å². The topological polar surface area (TPSA) is 46.5 Å². The highest BCUT2D eigenvalue weighted by molar-refractivity contribution is 5.75. The number of hydrogen-bond donors (Lipinski definition) is 1. The Morgan fingerprint density at radius 1 is 1.04 bits per heavy atom. The molecule has 0 aliphatic carbocycles. The van der Waals surface area contributed by atoms with Gasteiger partial charge in [-0.1, -0.05) is 38.2 Å². The van der Waals surface area contributed by atoms with Crippen molar-refractivity contribution < 1.29 is 14.6 Å². The number of rotatable bonds is 12. The molecule has 24 heavy (non-hydrogen) atoms. The second-order valence-corrected chi connectivity index (χ2v) is 6.79. The standard InChI is InChI=1S/C21H34O3/c1-3-4-5-6-7-8-9-10-11-12-13-14-15-16-17-19-20(22)18(2)24-21(19)23/h3,18-20,22H,1,4-9,12-17H2,2H3/t18-,19+,20-/m1/s1. The van der Waals surface area contributed by atoms with Gasteiger partial charge >= 0.3 is 5.97 Å². The van der Waals surface area contributed by atoms with Crippen molar-refractivity contribution in [1.29, 1.82) is 0 Å². The fourth-order valence-electron chi connectivity index (χ4n) is 3.06. The molecule has 0 radical (unpaired) electrons. The van der Waals surface area contributed by atoms with E-state index >= 15 is 0 Å². The zero-order valence-electron chi connectivity index (χ0n) is 15.3. The first-order chi connectivity index (χ1) is 11.7. The van der Waals surface area contributed by atoms with E-state index in [9.17, 15) is 9.90 Å². The highest BCUT2D eigenvalue weighted by Gasteiger charge is 2.40. The molecule has 0 aromatic heterocycles. The van der Waals surface area contributed by atoms with Crippen molar-refractivity contribution in [3.8, 4) is 11.8 Å². The molecule has 136 valence electrons. The van der Waals surface area contributed by atoms with Gasteiger partial charge in [0, 0.05) is 12.8 Å². The molecule has 0 spiro atoms. The summed E-state index contributed by atoms with van der Waals surface area (Å²) in [6.07, 6.45) is 14.2. The summed E-state index contributed by atoms with van der Waals surface area (Å²) in [5.41, 5.74) is 0. The van der Waals surface area contributed by atoms with Crippen LogP contribution in [0.15, 0.2) is 12.7 Å². The SMILES string of the molecule is C=CCCCCCCC#CCCCCCC[C@@H]1C(=O)O[C@H](C)[C@H]1O. The highest BCUT2D eigenvalue weighted by atomic mass is 16.6. The second kappa shape index (κ2) is 13.1. The Morgan fingerprint density at radius 3 is 2.17 bits per heavy atom. The molecule has 0 amide bonds. The number of hydrogen-bond acceptors (Lipinski definition) is 3. The molecule has 0 saturated carbocycles. The molecule has 3 heteroatoms. The molecular weight excluding hydrogens is 300 g/mol. The maximum atomic E-state index is 11.6. The van der Waals surface area contributed by atoms with Gasteiger partial charge in [-0.25, -0.2) is 0 Å². The molecule has 3 nitrogen and oxygen atoms in total. The third kappa shape index (κ3) is 8.55. The number of unbranched alkanes of at least 4 members (excludes halogenated alkanes) is 9. The Labute approximate surface area is 147 Å². The molecule has 1 aliphatic rings. The van der Waals surface area contributed by atoms with Crippen molar-refractivity contribution in [2.75, 3.05) is 0 Å². The molecule has 1 heterocycles. The van der Waals surface area contributed by atoms with Crippen molar-refractivity contribution in [1.82, 2.24) is 0 Å². The predicted molar refractivity (Wildman–Crippen MR) is 98.4 cm³/mol. The molecule has 1 saturated heterocycles. The van der Waals surface area contributed by atoms with Gasteiger partial charge in [0.05, 0.1) is 5.92 Å². The summed E-state index contributed by atoms with van der Waals surface area (Å²) in [6, 6.07) is 0. The van der Waals surface area contributed by atoms with E-state index in [4.69, 9.17) is 4.74 Å². The molecular formula is C21H34O3. The number of aliphatic hydroxyl groups is 1. The zero-order valence-corrected chi connectivity index (χ0v) is 15.3. The molecule has 0 aromatic carbocycles. The first kappa shape index (κ1) is 20.8. The van der Waals surface area contributed by atoms with Crippen LogP contribution in [0.5, 0.6) is 0 Å². The minimum absolute atomic E-state index is 0.231. The quantitative estimate of drug-likeness (QED) is 0.242. The Kier molecular flexibility index (Phi) is 11.3.